The van der Waals surface area contributed by atoms with Crippen LogP contribution in [0.25, 0.3) is 0 Å². The minimum atomic E-state index is -4.27. The van der Waals surface area contributed by atoms with Gasteiger partial charge in [0, 0.05) is 10.9 Å². The smallest absolute Gasteiger partial charge is 0.264 e. The van der Waals surface area contributed by atoms with Crippen LogP contribution in [0.2, 0.25) is 5.02 Å². The van der Waals surface area contributed by atoms with Crippen molar-refractivity contribution in [1.29, 1.82) is 0 Å². The van der Waals surface area contributed by atoms with E-state index < -0.39 is 60.7 Å². The average Bonchev–Trinajstić information content (AvgIpc) is 2.62. The molecule has 3 rings (SSSR count). The largest absolute Gasteiger partial charge is 0.490 e. The Kier molecular flexibility index (Phi) is 5.68. The van der Waals surface area contributed by atoms with Gasteiger partial charge in [-0.25, -0.2) is 17.2 Å². The topological polar surface area (TPSA) is 86.7 Å². The Labute approximate surface area is 166 Å². The molecule has 1 heterocycles. The van der Waals surface area contributed by atoms with E-state index in [0.717, 1.165) is 18.4 Å². The van der Waals surface area contributed by atoms with Crippen molar-refractivity contribution >= 4 is 31.6 Å². The molecule has 6 nitrogen and oxygen atoms in total. The lowest BCUT2D eigenvalue weighted by Crippen LogP contribution is -2.36. The molecule has 0 saturated carbocycles. The van der Waals surface area contributed by atoms with E-state index in [1.54, 1.807) is 0 Å². The fourth-order valence-corrected chi connectivity index (χ4v) is 5.55. The Hall–Kier alpha value is -1.75. The van der Waals surface area contributed by atoms with Crippen molar-refractivity contribution in [2.24, 2.45) is 5.92 Å². The highest BCUT2D eigenvalue weighted by atomic mass is 35.5. The van der Waals surface area contributed by atoms with Crippen LogP contribution < -0.4 is 4.74 Å². The number of fused-ring (bicyclic) bond motifs is 1. The summed E-state index contributed by atoms with van der Waals surface area (Å²) in [7, 11) is -8.16. The molecule has 0 N–H and O–H groups in total. The first-order valence-corrected chi connectivity index (χ1v) is 11.7. The Morgan fingerprint density at radius 2 is 1.68 bits per heavy atom. The second kappa shape index (κ2) is 7.58. The summed E-state index contributed by atoms with van der Waals surface area (Å²) in [4.78, 5) is -0.178. The lowest BCUT2D eigenvalue weighted by Gasteiger charge is -2.33. The highest BCUT2D eigenvalue weighted by Gasteiger charge is 2.44. The van der Waals surface area contributed by atoms with Crippen LogP contribution in [0, 0.1) is 17.6 Å². The summed E-state index contributed by atoms with van der Waals surface area (Å²) in [5.74, 6) is -3.52. The average molecular weight is 453 g/mol. The van der Waals surface area contributed by atoms with Crippen molar-refractivity contribution in [2.45, 2.75) is 10.1 Å². The maximum absolute atomic E-state index is 14.6. The predicted octanol–water partition coefficient (Wildman–Crippen LogP) is 3.12. The van der Waals surface area contributed by atoms with E-state index in [2.05, 4.69) is 0 Å². The van der Waals surface area contributed by atoms with Gasteiger partial charge in [-0.1, -0.05) is 11.6 Å². The first-order valence-electron chi connectivity index (χ1n) is 7.95. The molecule has 11 heteroatoms. The van der Waals surface area contributed by atoms with Crippen molar-refractivity contribution in [2.75, 3.05) is 19.5 Å². The third kappa shape index (κ3) is 4.14. The number of sulfone groups is 1. The molecule has 0 amide bonds. The predicted molar refractivity (Wildman–Crippen MR) is 97.5 cm³/mol. The van der Waals surface area contributed by atoms with Gasteiger partial charge >= 0.3 is 0 Å². The Bertz CT molecular complexity index is 1100. The third-order valence-corrected chi connectivity index (χ3v) is 7.26. The first-order chi connectivity index (χ1) is 13.0. The van der Waals surface area contributed by atoms with Gasteiger partial charge in [-0.05, 0) is 36.4 Å². The van der Waals surface area contributed by atoms with Crippen LogP contribution in [0.1, 0.15) is 10.8 Å². The highest BCUT2D eigenvalue weighted by Crippen LogP contribution is 2.45. The lowest BCUT2D eigenvalue weighted by atomic mass is 9.96. The summed E-state index contributed by atoms with van der Waals surface area (Å²) in [6, 6.07) is 6.78. The number of hydrogen-bond donors (Lipinski definition) is 0. The molecule has 0 aliphatic carbocycles. The molecule has 0 aromatic heterocycles. The minimum Gasteiger partial charge on any atom is -0.490 e. The molecule has 0 spiro atoms. The number of hydrogen-bond acceptors (Lipinski definition) is 6. The molecule has 1 aliphatic rings. The van der Waals surface area contributed by atoms with Gasteiger partial charge in [-0.2, -0.15) is 8.42 Å². The molecule has 0 saturated heterocycles. The number of rotatable bonds is 5. The van der Waals surface area contributed by atoms with Gasteiger partial charge < -0.3 is 4.74 Å². The van der Waals surface area contributed by atoms with Crippen LogP contribution in [0.5, 0.6) is 5.75 Å². The lowest BCUT2D eigenvalue weighted by molar-refractivity contribution is 0.150. The Morgan fingerprint density at radius 3 is 2.29 bits per heavy atom. The summed E-state index contributed by atoms with van der Waals surface area (Å²) in [6.45, 7) is -0.952. The third-order valence-electron chi connectivity index (χ3n) is 4.22. The van der Waals surface area contributed by atoms with Crippen molar-refractivity contribution in [3.8, 4) is 5.75 Å². The van der Waals surface area contributed by atoms with Crippen LogP contribution in [-0.4, -0.2) is 36.3 Å². The normalized spacial score (nSPS) is 19.7. The standard InChI is InChI=1S/C17H15ClF2O6S2/c1-27(21,22)26-9-10-8-25-16-14(20)7-6-13(19)15(16)17(10)28(23,24)12-4-2-11(18)3-5-12/h2-7,10,17H,8-9H2,1H3/t10-,17-/m1/s1. The maximum atomic E-state index is 14.6. The van der Waals surface area contributed by atoms with Crippen LogP contribution in [0.15, 0.2) is 41.3 Å². The van der Waals surface area contributed by atoms with Crippen molar-refractivity contribution < 1.29 is 34.5 Å². The van der Waals surface area contributed by atoms with Gasteiger partial charge in [0.15, 0.2) is 21.4 Å². The summed E-state index contributed by atoms with van der Waals surface area (Å²) in [6.07, 6.45) is 0.799. The van der Waals surface area contributed by atoms with E-state index in [4.69, 9.17) is 20.5 Å². The van der Waals surface area contributed by atoms with Crippen molar-refractivity contribution in [1.82, 2.24) is 0 Å². The molecule has 2 atom stereocenters. The summed E-state index contributed by atoms with van der Waals surface area (Å²) >= 11 is 5.79. The molecule has 2 aromatic rings. The van der Waals surface area contributed by atoms with Gasteiger partial charge in [0.2, 0.25) is 0 Å². The molecule has 2 aromatic carbocycles. The van der Waals surface area contributed by atoms with Crippen LogP contribution in [0.4, 0.5) is 8.78 Å². The monoisotopic (exact) mass is 452 g/mol. The van der Waals surface area contributed by atoms with Crippen LogP contribution >= 0.6 is 11.6 Å². The number of halogens is 3. The zero-order valence-corrected chi connectivity index (χ0v) is 16.8. The van der Waals surface area contributed by atoms with Crippen LogP contribution in [0.3, 0.4) is 0 Å². The molecule has 28 heavy (non-hydrogen) atoms. The van der Waals surface area contributed by atoms with E-state index >= 15 is 0 Å². The Morgan fingerprint density at radius 1 is 1.07 bits per heavy atom. The van der Waals surface area contributed by atoms with E-state index in [1.165, 1.54) is 24.3 Å². The Balaban J connectivity index is 2.16. The highest BCUT2D eigenvalue weighted by molar-refractivity contribution is 7.91. The SMILES string of the molecule is CS(=O)(=O)OC[C@H]1COc2c(F)ccc(F)c2[C@@H]1S(=O)(=O)c1ccc(Cl)cc1. The maximum Gasteiger partial charge on any atom is 0.264 e. The fraction of sp³-hybridized carbons (Fsp3) is 0.294. The quantitative estimate of drug-likeness (QED) is 0.648. The molecule has 0 unspecified atom stereocenters. The van der Waals surface area contributed by atoms with Crippen molar-refractivity contribution in [3.05, 3.63) is 58.6 Å². The molecule has 0 radical (unpaired) electrons. The first kappa shape index (κ1) is 21.0. The van der Waals surface area contributed by atoms with E-state index in [-0.39, 0.29) is 11.5 Å². The zero-order chi connectivity index (χ0) is 20.7. The molecular formula is C17H15ClF2O6S2. The minimum absolute atomic E-state index is 0.178. The van der Waals surface area contributed by atoms with Crippen molar-refractivity contribution in [3.63, 3.8) is 0 Å². The summed E-state index contributed by atoms with van der Waals surface area (Å²) in [5.41, 5.74) is -0.497. The fourth-order valence-electron chi connectivity index (χ4n) is 3.00. The number of benzene rings is 2. The van der Waals surface area contributed by atoms with Crippen LogP contribution in [-0.2, 0) is 24.1 Å². The van der Waals surface area contributed by atoms with E-state index in [0.29, 0.717) is 5.02 Å². The second-order valence-electron chi connectivity index (χ2n) is 6.25. The second-order valence-corrected chi connectivity index (χ2v) is 10.4. The van der Waals surface area contributed by atoms with E-state index in [1.807, 2.05) is 0 Å². The van der Waals surface area contributed by atoms with Gasteiger partial charge in [0.05, 0.1) is 29.9 Å². The summed E-state index contributed by atoms with van der Waals surface area (Å²) < 4.78 is 87.9. The van der Waals surface area contributed by atoms with E-state index in [9.17, 15) is 25.6 Å². The van der Waals surface area contributed by atoms with Gasteiger partial charge in [0.25, 0.3) is 10.1 Å². The van der Waals surface area contributed by atoms with Gasteiger partial charge in [0.1, 0.15) is 11.1 Å². The molecule has 0 fully saturated rings. The molecular weight excluding hydrogens is 438 g/mol. The molecule has 152 valence electrons. The summed E-state index contributed by atoms with van der Waals surface area (Å²) in [5, 5.41) is -1.32. The number of ether oxygens (including phenoxy) is 1. The zero-order valence-electron chi connectivity index (χ0n) is 14.4. The molecule has 1 aliphatic heterocycles. The molecule has 0 bridgehead atoms. The van der Waals surface area contributed by atoms with Gasteiger partial charge in [-0.15, -0.1) is 0 Å². The van der Waals surface area contributed by atoms with Gasteiger partial charge in [-0.3, -0.25) is 4.18 Å².